The molecule has 0 aliphatic carbocycles. The van der Waals surface area contributed by atoms with Crippen LogP contribution in [0.15, 0.2) is 42.5 Å². The first-order valence-electron chi connectivity index (χ1n) is 6.36. The molecule has 0 saturated carbocycles. The third-order valence-corrected chi connectivity index (χ3v) is 4.56. The van der Waals surface area contributed by atoms with Gasteiger partial charge in [-0.15, -0.1) is 10.2 Å². The Morgan fingerprint density at radius 1 is 1.00 bits per heavy atom. The molecule has 0 bridgehead atoms. The zero-order valence-corrected chi connectivity index (χ0v) is 13.8. The van der Waals surface area contributed by atoms with Gasteiger partial charge in [0, 0.05) is 11.3 Å². The summed E-state index contributed by atoms with van der Waals surface area (Å²) in [6.07, 6.45) is 0. The molecule has 1 aromatic heterocycles. The number of hydrogen-bond donors (Lipinski definition) is 1. The van der Waals surface area contributed by atoms with Crippen LogP contribution in [0.3, 0.4) is 0 Å². The summed E-state index contributed by atoms with van der Waals surface area (Å²) in [6.45, 7) is 0. The minimum Gasteiger partial charge on any atom is -0.497 e. The van der Waals surface area contributed by atoms with Crippen LogP contribution in [0, 0.1) is 0 Å². The molecule has 0 fully saturated rings. The second-order valence-electron chi connectivity index (χ2n) is 4.39. The van der Waals surface area contributed by atoms with Crippen LogP contribution in [-0.4, -0.2) is 17.3 Å². The first-order valence-corrected chi connectivity index (χ1v) is 7.93. The van der Waals surface area contributed by atoms with Gasteiger partial charge in [0.2, 0.25) is 5.13 Å². The number of ether oxygens (including phenoxy) is 1. The van der Waals surface area contributed by atoms with Crippen molar-refractivity contribution < 1.29 is 4.74 Å². The zero-order chi connectivity index (χ0) is 15.5. The van der Waals surface area contributed by atoms with E-state index in [0.717, 1.165) is 22.0 Å². The minimum absolute atomic E-state index is 0.492. The maximum atomic E-state index is 5.99. The molecule has 0 saturated heterocycles. The number of halogens is 2. The number of benzene rings is 2. The Balaban J connectivity index is 1.79. The molecule has 0 amide bonds. The van der Waals surface area contributed by atoms with E-state index in [-0.39, 0.29) is 0 Å². The number of methoxy groups -OCH3 is 1. The van der Waals surface area contributed by atoms with Crippen LogP contribution in [-0.2, 0) is 0 Å². The third-order valence-electron chi connectivity index (χ3n) is 2.93. The lowest BCUT2D eigenvalue weighted by molar-refractivity contribution is 0.415. The van der Waals surface area contributed by atoms with Gasteiger partial charge < -0.3 is 10.1 Å². The molecule has 0 atom stereocenters. The fourth-order valence-corrected chi connectivity index (χ4v) is 2.89. The van der Waals surface area contributed by atoms with Crippen LogP contribution >= 0.6 is 34.5 Å². The summed E-state index contributed by atoms with van der Waals surface area (Å²) < 4.78 is 5.14. The van der Waals surface area contributed by atoms with Gasteiger partial charge in [-0.1, -0.05) is 34.5 Å². The fourth-order valence-electron chi connectivity index (χ4n) is 1.82. The summed E-state index contributed by atoms with van der Waals surface area (Å²) in [5.41, 5.74) is 1.80. The molecule has 2 aromatic carbocycles. The van der Waals surface area contributed by atoms with Gasteiger partial charge in [0.1, 0.15) is 10.8 Å². The highest BCUT2D eigenvalue weighted by atomic mass is 35.5. The predicted octanol–water partition coefficient (Wildman–Crippen LogP) is 5.26. The summed E-state index contributed by atoms with van der Waals surface area (Å²) in [6, 6.07) is 13.0. The van der Waals surface area contributed by atoms with E-state index in [2.05, 4.69) is 15.5 Å². The van der Waals surface area contributed by atoms with Crippen molar-refractivity contribution in [1.29, 1.82) is 0 Å². The molecular formula is C15H11Cl2N3OS. The highest BCUT2D eigenvalue weighted by Gasteiger charge is 2.08. The van der Waals surface area contributed by atoms with E-state index in [0.29, 0.717) is 15.2 Å². The number of rotatable bonds is 4. The van der Waals surface area contributed by atoms with Crippen molar-refractivity contribution in [3.63, 3.8) is 0 Å². The molecule has 0 aliphatic rings. The quantitative estimate of drug-likeness (QED) is 0.695. The van der Waals surface area contributed by atoms with E-state index < -0.39 is 0 Å². The lowest BCUT2D eigenvalue weighted by atomic mass is 10.2. The second-order valence-corrected chi connectivity index (χ2v) is 6.19. The van der Waals surface area contributed by atoms with E-state index in [4.69, 9.17) is 27.9 Å². The van der Waals surface area contributed by atoms with Crippen LogP contribution in [0.1, 0.15) is 0 Å². The summed E-state index contributed by atoms with van der Waals surface area (Å²) in [4.78, 5) is 0. The van der Waals surface area contributed by atoms with Gasteiger partial charge in [0.05, 0.1) is 17.2 Å². The molecule has 22 heavy (non-hydrogen) atoms. The number of hydrogen-bond acceptors (Lipinski definition) is 5. The summed E-state index contributed by atoms with van der Waals surface area (Å²) >= 11 is 13.3. The highest BCUT2D eigenvalue weighted by Crippen LogP contribution is 2.31. The smallest absolute Gasteiger partial charge is 0.210 e. The Morgan fingerprint density at radius 2 is 1.77 bits per heavy atom. The fraction of sp³-hybridized carbons (Fsp3) is 0.0667. The van der Waals surface area contributed by atoms with Crippen molar-refractivity contribution in [3.8, 4) is 16.3 Å². The van der Waals surface area contributed by atoms with Gasteiger partial charge in [-0.25, -0.2) is 0 Å². The van der Waals surface area contributed by atoms with Crippen LogP contribution in [0.5, 0.6) is 5.75 Å². The number of anilines is 2. The van der Waals surface area contributed by atoms with Crippen molar-refractivity contribution in [2.24, 2.45) is 0 Å². The highest BCUT2D eigenvalue weighted by molar-refractivity contribution is 7.18. The van der Waals surface area contributed by atoms with Crippen molar-refractivity contribution >= 4 is 45.4 Å². The van der Waals surface area contributed by atoms with Crippen molar-refractivity contribution in [3.05, 3.63) is 52.5 Å². The van der Waals surface area contributed by atoms with Gasteiger partial charge in [0.15, 0.2) is 0 Å². The Kier molecular flexibility index (Phi) is 4.47. The summed E-state index contributed by atoms with van der Waals surface area (Å²) in [5, 5.41) is 14.0. The molecule has 0 unspecified atom stereocenters. The van der Waals surface area contributed by atoms with E-state index in [1.54, 1.807) is 19.2 Å². The molecule has 1 N–H and O–H groups in total. The van der Waals surface area contributed by atoms with E-state index in [1.807, 2.05) is 30.3 Å². The average molecular weight is 352 g/mol. The predicted molar refractivity (Wildman–Crippen MR) is 91.6 cm³/mol. The minimum atomic E-state index is 0.492. The van der Waals surface area contributed by atoms with Gasteiger partial charge >= 0.3 is 0 Å². The van der Waals surface area contributed by atoms with E-state index in [9.17, 15) is 0 Å². The SMILES string of the molecule is COc1ccc(-c2nnc(Nc3ccc(Cl)c(Cl)c3)s2)cc1. The number of nitrogens with one attached hydrogen (secondary N) is 1. The topological polar surface area (TPSA) is 47.0 Å². The Bertz CT molecular complexity index is 790. The molecule has 7 heteroatoms. The molecule has 4 nitrogen and oxygen atoms in total. The molecule has 0 radical (unpaired) electrons. The molecular weight excluding hydrogens is 341 g/mol. The Hall–Kier alpha value is -1.82. The Labute approximate surface area is 141 Å². The van der Waals surface area contributed by atoms with Gasteiger partial charge in [-0.3, -0.25) is 0 Å². The summed E-state index contributed by atoms with van der Waals surface area (Å²) in [5.74, 6) is 0.808. The van der Waals surface area contributed by atoms with E-state index in [1.165, 1.54) is 11.3 Å². The van der Waals surface area contributed by atoms with Crippen LogP contribution in [0.2, 0.25) is 10.0 Å². The van der Waals surface area contributed by atoms with Gasteiger partial charge in [0.25, 0.3) is 0 Å². The maximum Gasteiger partial charge on any atom is 0.210 e. The first kappa shape index (κ1) is 15.1. The third kappa shape index (κ3) is 3.32. The molecule has 0 spiro atoms. The number of nitrogens with zero attached hydrogens (tertiary/aromatic N) is 2. The zero-order valence-electron chi connectivity index (χ0n) is 11.5. The molecule has 112 valence electrons. The molecule has 3 rings (SSSR count). The van der Waals surface area contributed by atoms with Gasteiger partial charge in [-0.2, -0.15) is 0 Å². The summed E-state index contributed by atoms with van der Waals surface area (Å²) in [7, 11) is 1.64. The normalized spacial score (nSPS) is 10.5. The maximum absolute atomic E-state index is 5.99. The molecule has 1 heterocycles. The largest absolute Gasteiger partial charge is 0.497 e. The van der Waals surface area contributed by atoms with Crippen LogP contribution in [0.4, 0.5) is 10.8 Å². The second kappa shape index (κ2) is 6.52. The molecule has 3 aromatic rings. The Morgan fingerprint density at radius 3 is 2.45 bits per heavy atom. The van der Waals surface area contributed by atoms with E-state index >= 15 is 0 Å². The van der Waals surface area contributed by atoms with Crippen molar-refractivity contribution in [2.45, 2.75) is 0 Å². The lowest BCUT2D eigenvalue weighted by Gasteiger charge is -2.03. The van der Waals surface area contributed by atoms with Crippen LogP contribution in [0.25, 0.3) is 10.6 Å². The number of aromatic nitrogens is 2. The molecule has 0 aliphatic heterocycles. The van der Waals surface area contributed by atoms with Crippen LogP contribution < -0.4 is 10.1 Å². The standard InChI is InChI=1S/C15H11Cl2N3OS/c1-21-11-5-2-9(3-6-11)14-19-20-15(22-14)18-10-4-7-12(16)13(17)8-10/h2-8H,1H3,(H,18,20). The monoisotopic (exact) mass is 351 g/mol. The lowest BCUT2D eigenvalue weighted by Crippen LogP contribution is -1.89. The van der Waals surface area contributed by atoms with Gasteiger partial charge in [-0.05, 0) is 42.5 Å². The van der Waals surface area contributed by atoms with Crippen molar-refractivity contribution in [1.82, 2.24) is 10.2 Å². The average Bonchev–Trinajstić information content (AvgIpc) is 2.99. The van der Waals surface area contributed by atoms with Crippen molar-refractivity contribution in [2.75, 3.05) is 12.4 Å². The first-order chi connectivity index (χ1) is 10.7.